The molecular formula is C15H16N2O3. The fraction of sp³-hybridized carbons (Fsp3) is 0.267. The van der Waals surface area contributed by atoms with Gasteiger partial charge in [0.15, 0.2) is 0 Å². The number of rotatable bonds is 4. The zero-order valence-electron chi connectivity index (χ0n) is 11.6. The van der Waals surface area contributed by atoms with E-state index in [-0.39, 0.29) is 17.5 Å². The zero-order valence-corrected chi connectivity index (χ0v) is 11.6. The Kier molecular flexibility index (Phi) is 3.98. The summed E-state index contributed by atoms with van der Waals surface area (Å²) in [4.78, 5) is 11.4. The molecule has 0 radical (unpaired) electrons. The molecule has 5 heteroatoms. The highest BCUT2D eigenvalue weighted by molar-refractivity contribution is 5.92. The molecule has 0 aliphatic heterocycles. The fourth-order valence-electron chi connectivity index (χ4n) is 1.88. The minimum Gasteiger partial charge on any atom is -0.477 e. The maximum absolute atomic E-state index is 11.4. The van der Waals surface area contributed by atoms with Crippen molar-refractivity contribution in [2.24, 2.45) is 0 Å². The van der Waals surface area contributed by atoms with Gasteiger partial charge >= 0.3 is 5.97 Å². The van der Waals surface area contributed by atoms with Gasteiger partial charge in [0.2, 0.25) is 5.88 Å². The van der Waals surface area contributed by atoms with Crippen molar-refractivity contribution < 1.29 is 14.6 Å². The van der Waals surface area contributed by atoms with E-state index in [9.17, 15) is 9.90 Å². The molecule has 1 heterocycles. The van der Waals surface area contributed by atoms with Crippen molar-refractivity contribution in [2.75, 3.05) is 0 Å². The predicted octanol–water partition coefficient (Wildman–Crippen LogP) is 2.93. The van der Waals surface area contributed by atoms with Crippen molar-refractivity contribution in [2.45, 2.75) is 26.9 Å². The highest BCUT2D eigenvalue weighted by atomic mass is 16.5. The van der Waals surface area contributed by atoms with Gasteiger partial charge in [-0.25, -0.2) is 4.79 Å². The van der Waals surface area contributed by atoms with Gasteiger partial charge in [-0.15, -0.1) is 5.10 Å². The number of carbonyl (C=O) groups is 1. The SMILES string of the molecule is Cc1nnc(OC(C)c2ccccc2)c(C(=O)O)c1C. The van der Waals surface area contributed by atoms with Crippen LogP contribution >= 0.6 is 0 Å². The van der Waals surface area contributed by atoms with Gasteiger partial charge in [-0.3, -0.25) is 0 Å². The number of aromatic nitrogens is 2. The monoisotopic (exact) mass is 272 g/mol. The lowest BCUT2D eigenvalue weighted by molar-refractivity contribution is 0.0686. The standard InChI is InChI=1S/C15H16N2O3/c1-9-10(2)16-17-14(13(9)15(18)19)20-11(3)12-7-5-4-6-8-12/h4-8,11H,1-3H3,(H,18,19). The minimum atomic E-state index is -1.06. The van der Waals surface area contributed by atoms with Crippen LogP contribution in [0.15, 0.2) is 30.3 Å². The first-order valence-corrected chi connectivity index (χ1v) is 6.29. The summed E-state index contributed by atoms with van der Waals surface area (Å²) in [6.45, 7) is 5.27. The summed E-state index contributed by atoms with van der Waals surface area (Å²) in [5.74, 6) is -1.01. The Morgan fingerprint density at radius 2 is 1.85 bits per heavy atom. The van der Waals surface area contributed by atoms with E-state index in [1.165, 1.54) is 0 Å². The Morgan fingerprint density at radius 3 is 2.45 bits per heavy atom. The number of aromatic carboxylic acids is 1. The second kappa shape index (κ2) is 5.69. The zero-order chi connectivity index (χ0) is 14.7. The van der Waals surface area contributed by atoms with E-state index < -0.39 is 5.97 Å². The van der Waals surface area contributed by atoms with Crippen molar-refractivity contribution in [3.63, 3.8) is 0 Å². The summed E-state index contributed by atoms with van der Waals surface area (Å²) in [5.41, 5.74) is 2.18. The van der Waals surface area contributed by atoms with Crippen molar-refractivity contribution in [3.8, 4) is 5.88 Å². The lowest BCUT2D eigenvalue weighted by atomic mass is 10.1. The van der Waals surface area contributed by atoms with Crippen molar-refractivity contribution in [1.29, 1.82) is 0 Å². The van der Waals surface area contributed by atoms with E-state index >= 15 is 0 Å². The molecule has 0 aliphatic carbocycles. The Hall–Kier alpha value is -2.43. The number of benzene rings is 1. The number of aryl methyl sites for hydroxylation is 1. The molecule has 1 N–H and O–H groups in total. The molecule has 20 heavy (non-hydrogen) atoms. The molecule has 0 aliphatic rings. The van der Waals surface area contributed by atoms with Gasteiger partial charge in [0, 0.05) is 0 Å². The van der Waals surface area contributed by atoms with Crippen molar-refractivity contribution in [3.05, 3.63) is 52.7 Å². The maximum Gasteiger partial charge on any atom is 0.341 e. The Labute approximate surface area is 117 Å². The summed E-state index contributed by atoms with van der Waals surface area (Å²) in [7, 11) is 0. The summed E-state index contributed by atoms with van der Waals surface area (Å²) in [6, 6.07) is 9.55. The number of nitrogens with zero attached hydrogens (tertiary/aromatic N) is 2. The molecule has 0 saturated carbocycles. The lowest BCUT2D eigenvalue weighted by Crippen LogP contribution is -2.12. The maximum atomic E-state index is 11.4. The van der Waals surface area contributed by atoms with Gasteiger partial charge in [0.05, 0.1) is 5.69 Å². The third-order valence-electron chi connectivity index (χ3n) is 3.19. The van der Waals surface area contributed by atoms with Crippen LogP contribution in [-0.4, -0.2) is 21.3 Å². The molecule has 0 spiro atoms. The number of ether oxygens (including phenoxy) is 1. The number of carboxylic acids is 1. The number of hydrogen-bond acceptors (Lipinski definition) is 4. The normalized spacial score (nSPS) is 11.9. The summed E-state index contributed by atoms with van der Waals surface area (Å²) in [6.07, 6.45) is -0.300. The Morgan fingerprint density at radius 1 is 1.20 bits per heavy atom. The van der Waals surface area contributed by atoms with Crippen LogP contribution in [0.1, 0.15) is 40.2 Å². The molecule has 0 saturated heterocycles. The van der Waals surface area contributed by atoms with Crippen LogP contribution in [-0.2, 0) is 0 Å². The third-order valence-corrected chi connectivity index (χ3v) is 3.19. The predicted molar refractivity (Wildman–Crippen MR) is 74.0 cm³/mol. The average Bonchev–Trinajstić information content (AvgIpc) is 2.43. The van der Waals surface area contributed by atoms with E-state index in [0.29, 0.717) is 11.3 Å². The molecule has 0 bridgehead atoms. The van der Waals surface area contributed by atoms with Crippen LogP contribution in [0.3, 0.4) is 0 Å². The summed E-state index contributed by atoms with van der Waals surface area (Å²) >= 11 is 0. The molecule has 1 aromatic heterocycles. The molecule has 1 aromatic carbocycles. The molecule has 104 valence electrons. The molecule has 5 nitrogen and oxygen atoms in total. The fourth-order valence-corrected chi connectivity index (χ4v) is 1.88. The van der Waals surface area contributed by atoms with Gasteiger partial charge in [-0.2, -0.15) is 5.10 Å². The highest BCUT2D eigenvalue weighted by Crippen LogP contribution is 2.25. The van der Waals surface area contributed by atoms with Gasteiger partial charge in [0.1, 0.15) is 11.7 Å². The average molecular weight is 272 g/mol. The Balaban J connectivity index is 2.35. The molecule has 0 fully saturated rings. The molecular weight excluding hydrogens is 256 g/mol. The summed E-state index contributed by atoms with van der Waals surface area (Å²) < 4.78 is 5.67. The molecule has 1 unspecified atom stereocenters. The van der Waals surface area contributed by atoms with Gasteiger partial charge in [-0.1, -0.05) is 30.3 Å². The van der Waals surface area contributed by atoms with Gasteiger partial charge in [0.25, 0.3) is 0 Å². The van der Waals surface area contributed by atoms with Crippen LogP contribution < -0.4 is 4.74 Å². The number of hydrogen-bond donors (Lipinski definition) is 1. The topological polar surface area (TPSA) is 72.3 Å². The van der Waals surface area contributed by atoms with E-state index in [2.05, 4.69) is 10.2 Å². The van der Waals surface area contributed by atoms with Crippen molar-refractivity contribution >= 4 is 5.97 Å². The van der Waals surface area contributed by atoms with E-state index in [0.717, 1.165) is 5.56 Å². The third kappa shape index (κ3) is 2.77. The molecule has 2 aromatic rings. The van der Waals surface area contributed by atoms with Crippen LogP contribution in [0.2, 0.25) is 0 Å². The largest absolute Gasteiger partial charge is 0.477 e. The second-order valence-electron chi connectivity index (χ2n) is 4.57. The molecule has 1 atom stereocenters. The van der Waals surface area contributed by atoms with E-state index in [1.54, 1.807) is 13.8 Å². The van der Waals surface area contributed by atoms with Gasteiger partial charge in [-0.05, 0) is 31.9 Å². The second-order valence-corrected chi connectivity index (χ2v) is 4.57. The smallest absolute Gasteiger partial charge is 0.341 e. The molecule has 2 rings (SSSR count). The first-order chi connectivity index (χ1) is 9.50. The van der Waals surface area contributed by atoms with Gasteiger partial charge < -0.3 is 9.84 Å². The van der Waals surface area contributed by atoms with Crippen molar-refractivity contribution in [1.82, 2.24) is 10.2 Å². The quantitative estimate of drug-likeness (QED) is 0.926. The first-order valence-electron chi connectivity index (χ1n) is 6.29. The van der Waals surface area contributed by atoms with Crippen LogP contribution in [0.4, 0.5) is 0 Å². The minimum absolute atomic E-state index is 0.0527. The van der Waals surface area contributed by atoms with Crippen LogP contribution in [0, 0.1) is 13.8 Å². The van der Waals surface area contributed by atoms with E-state index in [4.69, 9.17) is 4.74 Å². The summed E-state index contributed by atoms with van der Waals surface area (Å²) in [5, 5.41) is 17.1. The van der Waals surface area contributed by atoms with Crippen LogP contribution in [0.25, 0.3) is 0 Å². The van der Waals surface area contributed by atoms with E-state index in [1.807, 2.05) is 37.3 Å². The highest BCUT2D eigenvalue weighted by Gasteiger charge is 2.21. The first kappa shape index (κ1) is 14.0. The Bertz CT molecular complexity index is 627. The molecule has 0 amide bonds. The van der Waals surface area contributed by atoms with Crippen LogP contribution in [0.5, 0.6) is 5.88 Å². The number of carboxylic acid groups (broad SMARTS) is 1. The lowest BCUT2D eigenvalue weighted by Gasteiger charge is -2.16.